The minimum atomic E-state index is -0.370. The summed E-state index contributed by atoms with van der Waals surface area (Å²) in [7, 11) is 0. The van der Waals surface area contributed by atoms with Gasteiger partial charge in [-0.15, -0.1) is 0 Å². The number of amides is 1. The highest BCUT2D eigenvalue weighted by atomic mass is 19.1. The van der Waals surface area contributed by atoms with Crippen molar-refractivity contribution in [3.8, 4) is 0 Å². The van der Waals surface area contributed by atoms with E-state index < -0.39 is 0 Å². The number of nitrogens with zero attached hydrogens (tertiary/aromatic N) is 2. The Labute approximate surface area is 185 Å². The Kier molecular flexibility index (Phi) is 4.82. The maximum Gasteiger partial charge on any atom is 0.255 e. The average molecular weight is 423 g/mol. The normalized spacial score (nSPS) is 14.5. The number of aliphatic imine (C=N–C) groups is 1. The highest BCUT2D eigenvalue weighted by Crippen LogP contribution is 2.34. The number of para-hydroxylation sites is 1. The summed E-state index contributed by atoms with van der Waals surface area (Å²) in [6.45, 7) is 4.17. The number of nitrogens with one attached hydrogen (secondary N) is 1. The molecule has 1 aromatic heterocycles. The molecule has 5 rings (SSSR count). The molecule has 4 aromatic rings. The largest absolute Gasteiger partial charge is 0.322 e. The number of aromatic nitrogens is 1. The number of carbonyl (C=O) groups is 1. The summed E-state index contributed by atoms with van der Waals surface area (Å²) in [6, 6.07) is 21.5. The van der Waals surface area contributed by atoms with Crippen molar-refractivity contribution in [1.29, 1.82) is 0 Å². The third kappa shape index (κ3) is 3.78. The summed E-state index contributed by atoms with van der Waals surface area (Å²) < 4.78 is 13.2. The highest BCUT2D eigenvalue weighted by Gasteiger charge is 2.30. The van der Waals surface area contributed by atoms with Crippen molar-refractivity contribution < 1.29 is 9.18 Å². The van der Waals surface area contributed by atoms with Crippen LogP contribution in [0.3, 0.4) is 0 Å². The van der Waals surface area contributed by atoms with Crippen LogP contribution in [0.5, 0.6) is 0 Å². The van der Waals surface area contributed by atoms with Crippen LogP contribution in [0.15, 0.2) is 84.0 Å². The summed E-state index contributed by atoms with van der Waals surface area (Å²) >= 11 is 0. The Morgan fingerprint density at radius 1 is 1.00 bits per heavy atom. The fourth-order valence-corrected chi connectivity index (χ4v) is 4.17. The predicted molar refractivity (Wildman–Crippen MR) is 126 cm³/mol. The standard InChI is InChI=1S/C27H22FN3O/c1-27(2)15-22-21(25(31-27)19-14-18-6-3-4-8-23(18)29-16-19)7-5-9-24(22)30-26(32)17-10-12-20(28)13-11-17/h3-14,16H,15H2,1-2H3,(H,30,32). The molecule has 1 aliphatic heterocycles. The molecule has 0 unspecified atom stereocenters. The van der Waals surface area contributed by atoms with Gasteiger partial charge in [-0.1, -0.05) is 30.3 Å². The second-order valence-electron chi connectivity index (χ2n) is 8.66. The fourth-order valence-electron chi connectivity index (χ4n) is 4.17. The number of fused-ring (bicyclic) bond motifs is 2. The maximum absolute atomic E-state index is 13.2. The van der Waals surface area contributed by atoms with Crippen LogP contribution in [0.1, 0.15) is 40.9 Å². The van der Waals surface area contributed by atoms with Crippen LogP contribution in [0.2, 0.25) is 0 Å². The number of halogens is 1. The molecule has 0 fully saturated rings. The van der Waals surface area contributed by atoms with Crippen molar-refractivity contribution in [3.63, 3.8) is 0 Å². The van der Waals surface area contributed by atoms with Gasteiger partial charge in [-0.25, -0.2) is 4.39 Å². The van der Waals surface area contributed by atoms with E-state index in [1.807, 2.05) is 48.7 Å². The number of hydrogen-bond donors (Lipinski definition) is 1. The van der Waals surface area contributed by atoms with Gasteiger partial charge in [0.1, 0.15) is 5.82 Å². The zero-order valence-corrected chi connectivity index (χ0v) is 17.9. The minimum Gasteiger partial charge on any atom is -0.322 e. The Balaban J connectivity index is 1.57. The summed E-state index contributed by atoms with van der Waals surface area (Å²) in [5.74, 6) is -0.641. The van der Waals surface area contributed by atoms with Gasteiger partial charge in [-0.2, -0.15) is 0 Å². The Morgan fingerprint density at radius 3 is 2.59 bits per heavy atom. The lowest BCUT2D eigenvalue weighted by Gasteiger charge is -2.31. The first-order chi connectivity index (χ1) is 15.4. The minimum absolute atomic E-state index is 0.271. The lowest BCUT2D eigenvalue weighted by molar-refractivity contribution is 0.102. The molecule has 2 heterocycles. The first-order valence-electron chi connectivity index (χ1n) is 10.5. The van der Waals surface area contributed by atoms with Gasteiger partial charge in [0.2, 0.25) is 0 Å². The molecule has 3 aromatic carbocycles. The van der Waals surface area contributed by atoms with Crippen LogP contribution in [-0.2, 0) is 6.42 Å². The Bertz CT molecular complexity index is 1370. The lowest BCUT2D eigenvalue weighted by atomic mass is 9.84. The number of rotatable bonds is 3. The summed E-state index contributed by atoms with van der Waals surface area (Å²) in [6.07, 6.45) is 2.54. The zero-order chi connectivity index (χ0) is 22.3. The Hall–Kier alpha value is -3.86. The average Bonchev–Trinajstić information content (AvgIpc) is 2.78. The van der Waals surface area contributed by atoms with Gasteiger partial charge in [0.15, 0.2) is 0 Å². The lowest BCUT2D eigenvalue weighted by Crippen LogP contribution is -2.30. The van der Waals surface area contributed by atoms with E-state index in [1.54, 1.807) is 0 Å². The summed E-state index contributed by atoms with van der Waals surface area (Å²) in [5, 5.41) is 4.07. The van der Waals surface area contributed by atoms with Crippen LogP contribution < -0.4 is 5.32 Å². The van der Waals surface area contributed by atoms with E-state index >= 15 is 0 Å². The van der Waals surface area contributed by atoms with E-state index in [4.69, 9.17) is 4.99 Å². The molecule has 5 heteroatoms. The number of carbonyl (C=O) groups excluding carboxylic acids is 1. The van der Waals surface area contributed by atoms with Gasteiger partial charge in [0.25, 0.3) is 5.91 Å². The topological polar surface area (TPSA) is 54.4 Å². The van der Waals surface area contributed by atoms with Crippen LogP contribution in [-0.4, -0.2) is 22.1 Å². The van der Waals surface area contributed by atoms with Crippen LogP contribution in [0.4, 0.5) is 10.1 Å². The van der Waals surface area contributed by atoms with E-state index in [9.17, 15) is 9.18 Å². The third-order valence-corrected chi connectivity index (χ3v) is 5.67. The summed E-state index contributed by atoms with van der Waals surface area (Å²) in [4.78, 5) is 22.5. The molecule has 1 N–H and O–H groups in total. The Morgan fingerprint density at radius 2 is 1.78 bits per heavy atom. The van der Waals surface area contributed by atoms with E-state index in [-0.39, 0.29) is 17.3 Å². The molecule has 158 valence electrons. The molecule has 1 aliphatic rings. The molecule has 0 radical (unpaired) electrons. The van der Waals surface area contributed by atoms with Crippen LogP contribution in [0.25, 0.3) is 10.9 Å². The SMILES string of the molecule is CC1(C)Cc2c(NC(=O)c3ccc(F)cc3)cccc2C(c2cnc3ccccc3c2)=N1. The molecular weight excluding hydrogens is 401 g/mol. The molecule has 0 aliphatic carbocycles. The van der Waals surface area contributed by atoms with Crippen molar-refractivity contribution in [1.82, 2.24) is 4.98 Å². The maximum atomic E-state index is 13.2. The van der Waals surface area contributed by atoms with Crippen LogP contribution >= 0.6 is 0 Å². The first kappa shape index (κ1) is 20.1. The van der Waals surface area contributed by atoms with Crippen molar-refractivity contribution in [2.24, 2.45) is 4.99 Å². The molecule has 1 amide bonds. The zero-order valence-electron chi connectivity index (χ0n) is 17.9. The quantitative estimate of drug-likeness (QED) is 0.453. The fraction of sp³-hybridized carbons (Fsp3) is 0.148. The second-order valence-corrected chi connectivity index (χ2v) is 8.66. The molecule has 0 saturated heterocycles. The van der Waals surface area contributed by atoms with Gasteiger partial charge in [0.05, 0.1) is 16.8 Å². The molecular formula is C27H22FN3O. The molecule has 0 saturated carbocycles. The van der Waals surface area contributed by atoms with Gasteiger partial charge < -0.3 is 5.32 Å². The van der Waals surface area contributed by atoms with Gasteiger partial charge in [-0.05, 0) is 68.3 Å². The smallest absolute Gasteiger partial charge is 0.255 e. The molecule has 0 bridgehead atoms. The molecule has 32 heavy (non-hydrogen) atoms. The van der Waals surface area contributed by atoms with Gasteiger partial charge >= 0.3 is 0 Å². The van der Waals surface area contributed by atoms with Crippen molar-refractivity contribution in [2.45, 2.75) is 25.8 Å². The van der Waals surface area contributed by atoms with E-state index in [1.165, 1.54) is 24.3 Å². The van der Waals surface area contributed by atoms with Gasteiger partial charge in [0, 0.05) is 34.0 Å². The number of anilines is 1. The third-order valence-electron chi connectivity index (χ3n) is 5.67. The van der Waals surface area contributed by atoms with Gasteiger partial charge in [-0.3, -0.25) is 14.8 Å². The predicted octanol–water partition coefficient (Wildman–Crippen LogP) is 5.80. The van der Waals surface area contributed by atoms with Crippen molar-refractivity contribution >= 4 is 28.2 Å². The van der Waals surface area contributed by atoms with E-state index in [2.05, 4.69) is 30.2 Å². The van der Waals surface area contributed by atoms with Crippen LogP contribution in [0, 0.1) is 5.82 Å². The van der Waals surface area contributed by atoms with Crippen molar-refractivity contribution in [3.05, 3.63) is 107 Å². The first-order valence-corrected chi connectivity index (χ1v) is 10.5. The summed E-state index contributed by atoms with van der Waals surface area (Å²) in [5.41, 5.74) is 5.58. The number of hydrogen-bond acceptors (Lipinski definition) is 3. The monoisotopic (exact) mass is 423 g/mol. The highest BCUT2D eigenvalue weighted by molar-refractivity contribution is 6.16. The number of benzene rings is 3. The van der Waals surface area contributed by atoms with E-state index in [0.717, 1.165) is 39.0 Å². The van der Waals surface area contributed by atoms with Crippen molar-refractivity contribution in [2.75, 3.05) is 5.32 Å². The molecule has 4 nitrogen and oxygen atoms in total. The second kappa shape index (κ2) is 7.68. The molecule has 0 spiro atoms. The number of pyridine rings is 1. The van der Waals surface area contributed by atoms with E-state index in [0.29, 0.717) is 12.0 Å². The molecule has 0 atom stereocenters.